The smallest absolute Gasteiger partial charge is 0.691 e. The van der Waals surface area contributed by atoms with Gasteiger partial charge < -0.3 is 67.1 Å². The number of aliphatic hydroxyl groups excluding tert-OH is 4. The number of aromatic hydroxyl groups is 1. The van der Waals surface area contributed by atoms with E-state index in [1.165, 1.54) is 12.4 Å². The number of nitrogens with zero attached hydrogens (tertiary/aromatic N) is 13. The molecule has 3 heterocycles. The summed E-state index contributed by atoms with van der Waals surface area (Å²) < 4.78 is 8.45. The third kappa shape index (κ3) is 19.2. The van der Waals surface area contributed by atoms with Crippen LogP contribution in [0.3, 0.4) is 0 Å². The van der Waals surface area contributed by atoms with Crippen molar-refractivity contribution >= 4 is 107 Å². The fourth-order valence-corrected chi connectivity index (χ4v) is 5.52. The first kappa shape index (κ1) is 55.0. The Hall–Kier alpha value is -4.29. The molecule has 0 amide bonds. The maximum absolute atomic E-state index is 10.4. The molecule has 0 atom stereocenters. The van der Waals surface area contributed by atoms with Crippen LogP contribution in [0.15, 0.2) is 58.5 Å². The number of hydrogen-bond acceptors (Lipinski definition) is 30. The van der Waals surface area contributed by atoms with E-state index in [-0.39, 0.29) is 171 Å². The van der Waals surface area contributed by atoms with Crippen LogP contribution in [0, 0.1) is 0 Å². The fraction of sp³-hybridized carbons (Fsp3) is 0.303. The number of rotatable bonds is 28. The van der Waals surface area contributed by atoms with Crippen LogP contribution < -0.4 is 101 Å². The van der Waals surface area contributed by atoms with Crippen LogP contribution >= 0.6 is 24.1 Å². The molecule has 5 aromatic rings. The summed E-state index contributed by atoms with van der Waals surface area (Å²) in [5.41, 5.74) is 1.96. The van der Waals surface area contributed by atoms with Crippen molar-refractivity contribution in [1.29, 1.82) is 0 Å². The van der Waals surface area contributed by atoms with E-state index < -0.39 is 6.01 Å². The molecule has 0 aliphatic carbocycles. The number of nitrogens with one attached hydrogen (secondary N) is 4. The number of hydrogen-bond donors (Lipinski definition) is 9. The van der Waals surface area contributed by atoms with Gasteiger partial charge in [-0.05, 0) is 36.4 Å². The van der Waals surface area contributed by atoms with Crippen LogP contribution in [-0.4, -0.2) is 147 Å². The molecule has 336 valence electrons. The van der Waals surface area contributed by atoms with E-state index in [0.717, 1.165) is 0 Å². The Kier molecular flexibility index (Phi) is 26.1. The largest absolute Gasteiger partial charge is 1.00 e. The summed E-state index contributed by atoms with van der Waals surface area (Å²) in [6, 6.07) is 13.1. The van der Waals surface area contributed by atoms with E-state index in [1.807, 2.05) is 0 Å². The molecule has 0 fully saturated rings. The third-order valence-corrected chi connectivity index (χ3v) is 8.37. The number of aliphatic imine (C=N–C) groups is 2. The summed E-state index contributed by atoms with van der Waals surface area (Å²) >= 11 is 1.39. The molecule has 0 aliphatic heterocycles. The van der Waals surface area contributed by atoms with E-state index in [1.54, 1.807) is 58.3 Å². The van der Waals surface area contributed by atoms with Crippen LogP contribution in [0.4, 0.5) is 70.3 Å². The molecule has 32 heteroatoms. The summed E-state index contributed by atoms with van der Waals surface area (Å²) in [7, 11) is 0. The molecule has 65 heavy (non-hydrogen) atoms. The van der Waals surface area contributed by atoms with E-state index in [0.29, 0.717) is 46.8 Å². The van der Waals surface area contributed by atoms with Crippen molar-refractivity contribution in [2.24, 2.45) is 9.98 Å². The fourth-order valence-electron chi connectivity index (χ4n) is 5.06. The number of anilines is 10. The zero-order valence-corrected chi connectivity index (χ0v) is 40.3. The van der Waals surface area contributed by atoms with Gasteiger partial charge in [0.05, 0.1) is 37.9 Å². The molecule has 0 spiro atoms. The second kappa shape index (κ2) is 30.8. The minimum Gasteiger partial charge on any atom is -0.691 e. The molecule has 0 saturated carbocycles. The van der Waals surface area contributed by atoms with E-state index in [4.69, 9.17) is 0 Å². The van der Waals surface area contributed by atoms with E-state index in [9.17, 15) is 36.0 Å². The number of benzene rings is 2. The summed E-state index contributed by atoms with van der Waals surface area (Å²) in [6.45, 7) is -0.483. The predicted octanol–water partition coefficient (Wildman–Crippen LogP) is -6.34. The standard InChI is InChI=1S/C33H41N17O11S2.2Na/c51-13-9-49(10-14-52)31-43-25(34-7-17-62-60-58-56)40-27(45-31)36-21-3-1-5-23(19-21)38-29-42-30(48-33(55)47-29)39-24-6-2-4-22(20-24)37-28-41-26(35-8-18-63-61-59-57)44-32(46-28)50(11-15-53)12-16-54;;/h1-8,19-20,51-54,56-57H,9-18H2,(H,36,40,43,45)(H,37,41,44,46)(H3,38,39,42,47,48,55);;/q;2*+1/p-2/b34-7-,35-8-;;. The van der Waals surface area contributed by atoms with Crippen molar-refractivity contribution in [2.75, 3.05) is 95.2 Å². The zero-order chi connectivity index (χ0) is 44.7. The Bertz CT molecular complexity index is 2090. The molecule has 0 bridgehead atoms. The quantitative estimate of drug-likeness (QED) is 0.00562. The van der Waals surface area contributed by atoms with Gasteiger partial charge in [-0.15, -0.1) is 0 Å². The average molecular weight is 960 g/mol. The topological polar surface area (TPSA) is 380 Å². The first-order valence-electron chi connectivity index (χ1n) is 18.2. The summed E-state index contributed by atoms with van der Waals surface area (Å²) in [4.78, 5) is 50.0. The van der Waals surface area contributed by atoms with Crippen LogP contribution in [0.5, 0.6) is 6.01 Å². The molecule has 0 saturated heterocycles. The molecule has 0 unspecified atom stereocenters. The molecule has 28 nitrogen and oxygen atoms in total. The monoisotopic (exact) mass is 959 g/mol. The van der Waals surface area contributed by atoms with Crippen LogP contribution in [-0.2, 0) is 18.7 Å². The van der Waals surface area contributed by atoms with Crippen LogP contribution in [0.2, 0.25) is 0 Å². The van der Waals surface area contributed by atoms with Gasteiger partial charge in [-0.2, -0.15) is 53.5 Å². The summed E-state index contributed by atoms with van der Waals surface area (Å²) in [6.07, 6.45) is 2.76. The number of aliphatic hydroxyl groups is 4. The SMILES string of the molecule is [Na+].[Na+].[O-]OOSC/C=N\c1nc(Nc2cccc(Nc3nc(O)nc(Nc4cccc(Nc5nc(/N=C\CSOO[O-])nc(N(CCO)CCO)n5)c4)n3)c2)nc(N(CCO)CCO)n1. The van der Waals surface area contributed by atoms with Gasteiger partial charge in [0.15, 0.2) is 0 Å². The van der Waals surface area contributed by atoms with Gasteiger partial charge in [-0.3, -0.25) is 10.1 Å². The zero-order valence-electron chi connectivity index (χ0n) is 34.7. The van der Waals surface area contributed by atoms with Crippen molar-refractivity contribution in [3.63, 3.8) is 0 Å². The Balaban J connectivity index is 0.00000561. The maximum atomic E-state index is 10.4. The Labute approximate surface area is 422 Å². The number of aromatic nitrogens is 9. The second-order valence-corrected chi connectivity index (χ2v) is 13.2. The maximum Gasteiger partial charge on any atom is 1.00 e. The predicted molar refractivity (Wildman–Crippen MR) is 225 cm³/mol. The van der Waals surface area contributed by atoms with E-state index >= 15 is 0 Å². The van der Waals surface area contributed by atoms with Gasteiger partial charge in [0.2, 0.25) is 35.7 Å². The molecular weight excluding hydrogens is 921 g/mol. The molecule has 0 radical (unpaired) electrons. The van der Waals surface area contributed by atoms with Crippen molar-refractivity contribution in [1.82, 2.24) is 44.9 Å². The van der Waals surface area contributed by atoms with Gasteiger partial charge in [0.25, 0.3) is 11.9 Å². The van der Waals surface area contributed by atoms with Gasteiger partial charge in [0.1, 0.15) is 0 Å². The average Bonchev–Trinajstić information content (AvgIpc) is 3.26. The molecular formula is C33H39N17Na2O11S2. The second-order valence-electron chi connectivity index (χ2n) is 11.8. The molecule has 2 aromatic carbocycles. The molecule has 9 N–H and O–H groups in total. The Morgan fingerprint density at radius 3 is 1.23 bits per heavy atom. The first-order chi connectivity index (χ1) is 30.8. The Morgan fingerprint density at radius 1 is 0.538 bits per heavy atom. The van der Waals surface area contributed by atoms with Crippen molar-refractivity contribution in [2.45, 2.75) is 0 Å². The van der Waals surface area contributed by atoms with Crippen molar-refractivity contribution in [3.05, 3.63) is 48.5 Å². The van der Waals surface area contributed by atoms with Gasteiger partial charge in [0, 0.05) is 85.4 Å². The normalized spacial score (nSPS) is 11.0. The Morgan fingerprint density at radius 2 is 0.892 bits per heavy atom. The molecule has 5 rings (SSSR count). The first-order valence-corrected chi connectivity index (χ1v) is 20.0. The minimum absolute atomic E-state index is 0. The molecule has 3 aromatic heterocycles. The third-order valence-electron chi connectivity index (χ3n) is 7.49. The van der Waals surface area contributed by atoms with Crippen LogP contribution in [0.25, 0.3) is 0 Å². The van der Waals surface area contributed by atoms with Gasteiger partial charge in [-0.25, -0.2) is 9.98 Å². The van der Waals surface area contributed by atoms with Gasteiger partial charge >= 0.3 is 65.1 Å². The van der Waals surface area contributed by atoms with Crippen molar-refractivity contribution < 1.29 is 114 Å². The van der Waals surface area contributed by atoms with Gasteiger partial charge in [-0.1, -0.05) is 12.1 Å². The minimum atomic E-state index is -0.586. The summed E-state index contributed by atoms with van der Waals surface area (Å²) in [5, 5.41) is 87.6. The van der Waals surface area contributed by atoms with Crippen molar-refractivity contribution in [3.8, 4) is 6.01 Å². The van der Waals surface area contributed by atoms with Crippen LogP contribution in [0.1, 0.15) is 0 Å². The van der Waals surface area contributed by atoms with E-state index in [2.05, 4.69) is 94.9 Å². The summed E-state index contributed by atoms with van der Waals surface area (Å²) in [5.74, 6) is 0.572. The molecule has 0 aliphatic rings.